The molecule has 0 bridgehead atoms. The molecule has 1 aromatic heterocycles. The number of fused-ring (bicyclic) bond motifs is 1. The predicted molar refractivity (Wildman–Crippen MR) is 110 cm³/mol. The molecule has 0 aliphatic carbocycles. The Kier molecular flexibility index (Phi) is 9.54. The summed E-state index contributed by atoms with van der Waals surface area (Å²) in [6, 6.07) is 6.89. The van der Waals surface area contributed by atoms with Crippen molar-refractivity contribution in [1.82, 2.24) is 4.98 Å². The first-order valence-electron chi connectivity index (χ1n) is 10.5. The Morgan fingerprint density at radius 1 is 0.889 bits per heavy atom. The maximum absolute atomic E-state index is 14.1. The largest absolute Gasteiger partial charge is 0.489 e. The van der Waals surface area contributed by atoms with Gasteiger partial charge in [-0.05, 0) is 57.4 Å². The van der Waals surface area contributed by atoms with E-state index in [9.17, 15) is 4.39 Å². The molecule has 1 aromatic carbocycles. The van der Waals surface area contributed by atoms with Crippen molar-refractivity contribution in [3.05, 3.63) is 35.8 Å². The van der Waals surface area contributed by atoms with Crippen molar-refractivity contribution in [1.29, 1.82) is 0 Å². The summed E-state index contributed by atoms with van der Waals surface area (Å²) in [5.41, 5.74) is 1.63. The number of hydrogen-bond acceptors (Lipinski definition) is 3. The Hall–Kier alpha value is -1.68. The van der Waals surface area contributed by atoms with Crippen molar-refractivity contribution in [2.24, 2.45) is 0 Å². The van der Waals surface area contributed by atoms with Crippen LogP contribution in [0.1, 0.15) is 77.3 Å². The van der Waals surface area contributed by atoms with Crippen LogP contribution in [0.5, 0.6) is 5.75 Å². The van der Waals surface area contributed by atoms with Gasteiger partial charge in [0.15, 0.2) is 0 Å². The second kappa shape index (κ2) is 11.9. The molecule has 0 aliphatic rings. The van der Waals surface area contributed by atoms with Crippen LogP contribution in [0.3, 0.4) is 0 Å². The minimum Gasteiger partial charge on any atom is -0.489 e. The molecule has 0 saturated carbocycles. The van der Waals surface area contributed by atoms with Gasteiger partial charge in [0.2, 0.25) is 0 Å². The van der Waals surface area contributed by atoms with Crippen molar-refractivity contribution in [2.75, 3.05) is 6.61 Å². The monoisotopic (exact) mass is 375 g/mol. The molecular formula is C23H34FNO2. The van der Waals surface area contributed by atoms with Crippen molar-refractivity contribution >= 4 is 10.9 Å². The number of benzene rings is 1. The lowest BCUT2D eigenvalue weighted by atomic mass is 10.1. The minimum absolute atomic E-state index is 0.0350. The van der Waals surface area contributed by atoms with Crippen LogP contribution < -0.4 is 4.74 Å². The second-order valence-corrected chi connectivity index (χ2v) is 7.57. The summed E-state index contributed by atoms with van der Waals surface area (Å²) in [6.45, 7) is 4.25. The molecule has 0 saturated heterocycles. The van der Waals surface area contributed by atoms with E-state index in [0.717, 1.165) is 31.4 Å². The SMILES string of the molecule is CC(C)Oc1ccc(F)c2ccc(CCCCCCCCCCCO)nc12. The van der Waals surface area contributed by atoms with Crippen molar-refractivity contribution in [3.63, 3.8) is 0 Å². The molecule has 0 radical (unpaired) electrons. The smallest absolute Gasteiger partial charge is 0.146 e. The highest BCUT2D eigenvalue weighted by Crippen LogP contribution is 2.27. The zero-order valence-corrected chi connectivity index (χ0v) is 16.8. The number of aryl methyl sites for hydroxylation is 1. The van der Waals surface area contributed by atoms with E-state index in [-0.39, 0.29) is 11.9 Å². The molecule has 0 aliphatic heterocycles. The number of aromatic nitrogens is 1. The third-order valence-corrected chi connectivity index (χ3v) is 4.78. The molecule has 0 atom stereocenters. The maximum atomic E-state index is 14.1. The zero-order chi connectivity index (χ0) is 19.5. The average Bonchev–Trinajstić information content (AvgIpc) is 2.65. The van der Waals surface area contributed by atoms with Gasteiger partial charge in [-0.25, -0.2) is 9.37 Å². The van der Waals surface area contributed by atoms with Crippen molar-refractivity contribution in [2.45, 2.75) is 84.2 Å². The lowest BCUT2D eigenvalue weighted by Crippen LogP contribution is -2.07. The summed E-state index contributed by atoms with van der Waals surface area (Å²) in [6.07, 6.45) is 11.7. The average molecular weight is 376 g/mol. The first-order chi connectivity index (χ1) is 13.1. The Labute approximate surface area is 163 Å². The molecule has 2 rings (SSSR count). The number of pyridine rings is 1. The Bertz CT molecular complexity index is 687. The molecule has 4 heteroatoms. The first-order valence-corrected chi connectivity index (χ1v) is 10.5. The predicted octanol–water partition coefficient (Wildman–Crippen LogP) is 6.21. The zero-order valence-electron chi connectivity index (χ0n) is 16.8. The van der Waals surface area contributed by atoms with E-state index >= 15 is 0 Å². The van der Waals surface area contributed by atoms with Crippen LogP contribution in [0.15, 0.2) is 24.3 Å². The van der Waals surface area contributed by atoms with Crippen LogP contribution in [0.4, 0.5) is 4.39 Å². The topological polar surface area (TPSA) is 42.4 Å². The minimum atomic E-state index is -0.251. The van der Waals surface area contributed by atoms with Crippen molar-refractivity contribution < 1.29 is 14.2 Å². The van der Waals surface area contributed by atoms with Gasteiger partial charge in [-0.3, -0.25) is 0 Å². The summed E-state index contributed by atoms with van der Waals surface area (Å²) in [5, 5.41) is 9.28. The fourth-order valence-electron chi connectivity index (χ4n) is 3.34. The molecular weight excluding hydrogens is 341 g/mol. The molecule has 1 heterocycles. The van der Waals surface area contributed by atoms with Gasteiger partial charge in [-0.15, -0.1) is 0 Å². The van der Waals surface area contributed by atoms with Gasteiger partial charge >= 0.3 is 0 Å². The van der Waals surface area contributed by atoms with Crippen LogP contribution in [-0.2, 0) is 6.42 Å². The fourth-order valence-corrected chi connectivity index (χ4v) is 3.34. The van der Waals surface area contributed by atoms with Gasteiger partial charge in [-0.2, -0.15) is 0 Å². The molecule has 150 valence electrons. The Balaban J connectivity index is 1.78. The number of aliphatic hydroxyl groups excluding tert-OH is 1. The number of unbranched alkanes of at least 4 members (excludes halogenated alkanes) is 8. The van der Waals surface area contributed by atoms with E-state index < -0.39 is 0 Å². The normalized spacial score (nSPS) is 11.4. The van der Waals surface area contributed by atoms with Gasteiger partial charge in [0.1, 0.15) is 17.1 Å². The van der Waals surface area contributed by atoms with Crippen LogP contribution >= 0.6 is 0 Å². The van der Waals surface area contributed by atoms with Crippen LogP contribution in [-0.4, -0.2) is 22.8 Å². The summed E-state index contributed by atoms with van der Waals surface area (Å²) in [5.74, 6) is 0.406. The second-order valence-electron chi connectivity index (χ2n) is 7.57. The highest BCUT2D eigenvalue weighted by Gasteiger charge is 2.11. The molecule has 1 N–H and O–H groups in total. The lowest BCUT2D eigenvalue weighted by Gasteiger charge is -2.13. The van der Waals surface area contributed by atoms with Crippen LogP contribution in [0, 0.1) is 5.82 Å². The lowest BCUT2D eigenvalue weighted by molar-refractivity contribution is 0.245. The Morgan fingerprint density at radius 2 is 1.52 bits per heavy atom. The maximum Gasteiger partial charge on any atom is 0.146 e. The third kappa shape index (κ3) is 7.45. The van der Waals surface area contributed by atoms with E-state index in [1.165, 1.54) is 44.6 Å². The summed E-state index contributed by atoms with van der Waals surface area (Å²) in [7, 11) is 0. The summed E-state index contributed by atoms with van der Waals surface area (Å²) >= 11 is 0. The molecule has 2 aromatic rings. The van der Waals surface area contributed by atoms with Gasteiger partial charge in [0.25, 0.3) is 0 Å². The molecule has 0 fully saturated rings. The molecule has 0 amide bonds. The van der Waals surface area contributed by atoms with E-state index in [1.54, 1.807) is 6.07 Å². The van der Waals surface area contributed by atoms with Crippen LogP contribution in [0.2, 0.25) is 0 Å². The summed E-state index contributed by atoms with van der Waals surface area (Å²) in [4.78, 5) is 4.68. The highest BCUT2D eigenvalue weighted by molar-refractivity contribution is 5.85. The molecule has 3 nitrogen and oxygen atoms in total. The van der Waals surface area contributed by atoms with E-state index in [2.05, 4.69) is 4.98 Å². The standard InChI is InChI=1S/C23H34FNO2/c1-18(2)27-22-16-15-21(24)20-14-13-19(25-23(20)22)12-10-8-6-4-3-5-7-9-11-17-26/h13-16,18,26H,3-12,17H2,1-2H3. The molecule has 0 unspecified atom stereocenters. The summed E-state index contributed by atoms with van der Waals surface area (Å²) < 4.78 is 19.8. The Morgan fingerprint density at radius 3 is 2.15 bits per heavy atom. The van der Waals surface area contributed by atoms with Crippen LogP contribution in [0.25, 0.3) is 10.9 Å². The van der Waals surface area contributed by atoms with E-state index in [4.69, 9.17) is 9.84 Å². The number of hydrogen-bond donors (Lipinski definition) is 1. The van der Waals surface area contributed by atoms with E-state index in [0.29, 0.717) is 23.3 Å². The quantitative estimate of drug-likeness (QED) is 0.423. The molecule has 27 heavy (non-hydrogen) atoms. The first kappa shape index (κ1) is 21.6. The van der Waals surface area contributed by atoms with Gasteiger partial charge < -0.3 is 9.84 Å². The van der Waals surface area contributed by atoms with E-state index in [1.807, 2.05) is 26.0 Å². The van der Waals surface area contributed by atoms with Gasteiger partial charge in [0, 0.05) is 17.7 Å². The number of nitrogens with zero attached hydrogens (tertiary/aromatic N) is 1. The number of halogens is 1. The number of ether oxygens (including phenoxy) is 1. The third-order valence-electron chi connectivity index (χ3n) is 4.78. The number of rotatable bonds is 13. The van der Waals surface area contributed by atoms with Gasteiger partial charge in [-0.1, -0.05) is 44.9 Å². The van der Waals surface area contributed by atoms with Crippen molar-refractivity contribution in [3.8, 4) is 5.75 Å². The highest BCUT2D eigenvalue weighted by atomic mass is 19.1. The fraction of sp³-hybridized carbons (Fsp3) is 0.609. The number of aliphatic hydroxyl groups is 1. The molecule has 0 spiro atoms. The van der Waals surface area contributed by atoms with Gasteiger partial charge in [0.05, 0.1) is 6.10 Å².